The Hall–Kier alpha value is -2.13. The molecule has 0 aliphatic heterocycles. The second-order valence-corrected chi connectivity index (χ2v) is 7.78. The summed E-state index contributed by atoms with van der Waals surface area (Å²) in [5.74, 6) is -0.291. The highest BCUT2D eigenvalue weighted by atomic mass is 127. The topological polar surface area (TPSA) is 88.4 Å². The van der Waals surface area contributed by atoms with E-state index in [0.29, 0.717) is 32.9 Å². The maximum atomic E-state index is 12.5. The van der Waals surface area contributed by atoms with E-state index in [1.165, 1.54) is 13.0 Å². The molecule has 144 valence electrons. The zero-order chi connectivity index (χ0) is 20.7. The second-order valence-electron chi connectivity index (χ2n) is 5.46. The van der Waals surface area contributed by atoms with Crippen LogP contribution in [0, 0.1) is 18.5 Å². The Kier molecular flexibility index (Phi) is 8.25. The van der Waals surface area contributed by atoms with Gasteiger partial charge in [-0.05, 0) is 88.0 Å². The van der Waals surface area contributed by atoms with Crippen molar-refractivity contribution < 1.29 is 19.1 Å². The monoisotopic (exact) mass is 602 g/mol. The summed E-state index contributed by atoms with van der Waals surface area (Å²) in [6.07, 6.45) is 1.47. The molecule has 0 radical (unpaired) electrons. The Bertz CT molecular complexity index is 981. The Morgan fingerprint density at radius 1 is 1.21 bits per heavy atom. The number of carbonyl (C=O) groups is 2. The van der Waals surface area contributed by atoms with Crippen LogP contribution in [0.5, 0.6) is 11.5 Å². The third kappa shape index (κ3) is 5.93. The van der Waals surface area contributed by atoms with Crippen LogP contribution in [0.15, 0.2) is 42.0 Å². The number of rotatable bonds is 6. The summed E-state index contributed by atoms with van der Waals surface area (Å²) in [6.45, 7) is 3.49. The zero-order valence-electron chi connectivity index (χ0n) is 15.1. The molecular formula is C20H16I2N2O4. The molecule has 0 saturated carbocycles. The van der Waals surface area contributed by atoms with E-state index in [9.17, 15) is 14.9 Å². The molecule has 0 unspecified atom stereocenters. The molecule has 0 aliphatic carbocycles. The van der Waals surface area contributed by atoms with Gasteiger partial charge in [-0.2, -0.15) is 5.26 Å². The van der Waals surface area contributed by atoms with Crippen LogP contribution in [-0.2, 0) is 9.59 Å². The van der Waals surface area contributed by atoms with Gasteiger partial charge >= 0.3 is 5.97 Å². The van der Waals surface area contributed by atoms with E-state index in [0.717, 1.165) is 3.57 Å². The SMILES string of the molecule is CCOc1cc(/C=C(/C#N)C(=O)Nc2ccccc2I)cc(I)c1OC(C)=O. The van der Waals surface area contributed by atoms with Gasteiger partial charge in [0.2, 0.25) is 0 Å². The summed E-state index contributed by atoms with van der Waals surface area (Å²) in [6, 6.07) is 12.5. The molecule has 0 spiro atoms. The van der Waals surface area contributed by atoms with E-state index < -0.39 is 11.9 Å². The lowest BCUT2D eigenvalue weighted by atomic mass is 10.1. The van der Waals surface area contributed by atoms with Crippen LogP contribution in [0.2, 0.25) is 0 Å². The summed E-state index contributed by atoms with van der Waals surface area (Å²) >= 11 is 4.12. The number of nitrogens with one attached hydrogen (secondary N) is 1. The number of nitrogens with zero attached hydrogens (tertiary/aromatic N) is 1. The number of nitriles is 1. The molecule has 0 fully saturated rings. The first-order valence-corrected chi connectivity index (χ1v) is 10.3. The Labute approximate surface area is 190 Å². The number of benzene rings is 2. The molecule has 0 atom stereocenters. The molecular weight excluding hydrogens is 586 g/mol. The molecule has 0 saturated heterocycles. The third-order valence-corrected chi connectivity index (χ3v) is 5.12. The molecule has 2 aromatic carbocycles. The molecule has 0 heterocycles. The molecule has 1 N–H and O–H groups in total. The van der Waals surface area contributed by atoms with Crippen LogP contribution in [0.1, 0.15) is 19.4 Å². The molecule has 1 amide bonds. The normalized spacial score (nSPS) is 10.8. The number of hydrogen-bond donors (Lipinski definition) is 1. The number of anilines is 1. The van der Waals surface area contributed by atoms with E-state index in [2.05, 4.69) is 27.9 Å². The average Bonchev–Trinajstić information content (AvgIpc) is 2.64. The number of carbonyl (C=O) groups excluding carboxylic acids is 2. The summed E-state index contributed by atoms with van der Waals surface area (Å²) in [7, 11) is 0. The lowest BCUT2D eigenvalue weighted by Crippen LogP contribution is -2.14. The van der Waals surface area contributed by atoms with E-state index >= 15 is 0 Å². The van der Waals surface area contributed by atoms with Gasteiger partial charge in [0, 0.05) is 10.5 Å². The fourth-order valence-corrected chi connectivity index (χ4v) is 3.50. The van der Waals surface area contributed by atoms with Gasteiger partial charge in [0.1, 0.15) is 11.6 Å². The van der Waals surface area contributed by atoms with Crippen LogP contribution in [0.25, 0.3) is 6.08 Å². The van der Waals surface area contributed by atoms with Crippen LogP contribution in [0.4, 0.5) is 5.69 Å². The second kappa shape index (κ2) is 10.4. The molecule has 2 aromatic rings. The lowest BCUT2D eigenvalue weighted by Gasteiger charge is -2.13. The lowest BCUT2D eigenvalue weighted by molar-refractivity contribution is -0.132. The molecule has 0 bridgehead atoms. The van der Waals surface area contributed by atoms with Gasteiger partial charge in [-0.1, -0.05) is 12.1 Å². The van der Waals surface area contributed by atoms with E-state index in [-0.39, 0.29) is 5.57 Å². The molecule has 28 heavy (non-hydrogen) atoms. The zero-order valence-corrected chi connectivity index (χ0v) is 19.4. The smallest absolute Gasteiger partial charge is 0.308 e. The highest BCUT2D eigenvalue weighted by Crippen LogP contribution is 2.35. The first kappa shape index (κ1) is 22.2. The predicted octanol–water partition coefficient (Wildman–Crippen LogP) is 4.77. The van der Waals surface area contributed by atoms with E-state index in [1.54, 1.807) is 24.3 Å². The van der Waals surface area contributed by atoms with Gasteiger partial charge in [0.25, 0.3) is 5.91 Å². The Morgan fingerprint density at radius 3 is 2.54 bits per heavy atom. The summed E-state index contributed by atoms with van der Waals surface area (Å²) in [4.78, 5) is 23.8. The summed E-state index contributed by atoms with van der Waals surface area (Å²) in [5, 5.41) is 12.2. The fraction of sp³-hybridized carbons (Fsp3) is 0.150. The molecule has 0 aromatic heterocycles. The van der Waals surface area contributed by atoms with Crippen molar-refractivity contribution in [1.82, 2.24) is 0 Å². The quantitative estimate of drug-likeness (QED) is 0.170. The maximum Gasteiger partial charge on any atom is 0.308 e. The van der Waals surface area contributed by atoms with Crippen molar-refractivity contribution in [2.45, 2.75) is 13.8 Å². The number of esters is 1. The minimum atomic E-state index is -0.511. The van der Waals surface area contributed by atoms with Crippen molar-refractivity contribution in [1.29, 1.82) is 5.26 Å². The van der Waals surface area contributed by atoms with E-state index in [1.807, 2.05) is 47.7 Å². The summed E-state index contributed by atoms with van der Waals surface area (Å²) < 4.78 is 12.3. The van der Waals surface area contributed by atoms with Crippen molar-refractivity contribution in [2.24, 2.45) is 0 Å². The largest absolute Gasteiger partial charge is 0.490 e. The van der Waals surface area contributed by atoms with Gasteiger partial charge in [0.15, 0.2) is 11.5 Å². The molecule has 6 nitrogen and oxygen atoms in total. The van der Waals surface area contributed by atoms with Crippen molar-refractivity contribution in [3.8, 4) is 17.6 Å². The van der Waals surface area contributed by atoms with Crippen molar-refractivity contribution in [3.63, 3.8) is 0 Å². The van der Waals surface area contributed by atoms with Crippen molar-refractivity contribution in [3.05, 3.63) is 54.7 Å². The highest BCUT2D eigenvalue weighted by Gasteiger charge is 2.16. The Morgan fingerprint density at radius 2 is 1.93 bits per heavy atom. The minimum Gasteiger partial charge on any atom is -0.490 e. The maximum absolute atomic E-state index is 12.5. The van der Waals surface area contributed by atoms with Crippen molar-refractivity contribution >= 4 is 68.8 Å². The first-order valence-electron chi connectivity index (χ1n) is 8.18. The van der Waals surface area contributed by atoms with Gasteiger partial charge in [-0.3, -0.25) is 9.59 Å². The summed E-state index contributed by atoms with van der Waals surface area (Å²) in [5.41, 5.74) is 1.15. The number of hydrogen-bond acceptors (Lipinski definition) is 5. The number of para-hydroxylation sites is 1. The van der Waals surface area contributed by atoms with Crippen LogP contribution in [-0.4, -0.2) is 18.5 Å². The van der Waals surface area contributed by atoms with Crippen LogP contribution < -0.4 is 14.8 Å². The van der Waals surface area contributed by atoms with Gasteiger partial charge < -0.3 is 14.8 Å². The number of ether oxygens (including phenoxy) is 2. The van der Waals surface area contributed by atoms with Crippen molar-refractivity contribution in [2.75, 3.05) is 11.9 Å². The number of amides is 1. The average molecular weight is 602 g/mol. The number of halogens is 2. The third-order valence-electron chi connectivity index (χ3n) is 3.38. The Balaban J connectivity index is 2.37. The first-order chi connectivity index (χ1) is 13.3. The fourth-order valence-electron chi connectivity index (χ4n) is 2.24. The minimum absolute atomic E-state index is 0.0573. The molecule has 2 rings (SSSR count). The van der Waals surface area contributed by atoms with Gasteiger partial charge in [0.05, 0.1) is 15.9 Å². The highest BCUT2D eigenvalue weighted by molar-refractivity contribution is 14.1. The molecule has 8 heteroatoms. The van der Waals surface area contributed by atoms with Crippen LogP contribution >= 0.6 is 45.2 Å². The van der Waals surface area contributed by atoms with Gasteiger partial charge in [-0.25, -0.2) is 0 Å². The van der Waals surface area contributed by atoms with Gasteiger partial charge in [-0.15, -0.1) is 0 Å². The predicted molar refractivity (Wildman–Crippen MR) is 123 cm³/mol. The van der Waals surface area contributed by atoms with E-state index in [4.69, 9.17) is 9.47 Å². The standard InChI is InChI=1S/C20H16I2N2O4/c1-3-27-18-10-13(9-16(22)19(18)28-12(2)25)8-14(11-23)20(26)24-17-7-5-4-6-15(17)21/h4-10H,3H2,1-2H3,(H,24,26)/b14-8-. The molecule has 0 aliphatic rings. The van der Waals surface area contributed by atoms with Crippen LogP contribution in [0.3, 0.4) is 0 Å².